The molecule has 1 unspecified atom stereocenters. The third-order valence-corrected chi connectivity index (χ3v) is 7.57. The Balaban J connectivity index is 1.93. The van der Waals surface area contributed by atoms with Crippen molar-refractivity contribution in [1.82, 2.24) is 0 Å². The highest BCUT2D eigenvalue weighted by atomic mass is 16.7. The van der Waals surface area contributed by atoms with E-state index in [4.69, 9.17) is 4.84 Å². The van der Waals surface area contributed by atoms with E-state index >= 15 is 0 Å². The molecule has 0 aromatic heterocycles. The molecule has 7 heteroatoms. The number of fused-ring (bicyclic) bond motifs is 1. The van der Waals surface area contributed by atoms with Gasteiger partial charge in [-0.2, -0.15) is 0 Å². The van der Waals surface area contributed by atoms with Crippen LogP contribution in [0.5, 0.6) is 0 Å². The number of aliphatic hydroxyl groups excluding tert-OH is 1. The number of unbranched alkanes of at least 4 members (excludes halogenated alkanes) is 4. The van der Waals surface area contributed by atoms with Gasteiger partial charge in [0.15, 0.2) is 5.71 Å². The summed E-state index contributed by atoms with van der Waals surface area (Å²) in [4.78, 5) is 30.6. The van der Waals surface area contributed by atoms with Gasteiger partial charge in [-0.15, -0.1) is 0 Å². The first-order valence-electron chi connectivity index (χ1n) is 13.7. The molecule has 0 heterocycles. The number of aliphatic hydroxyl groups is 1. The number of hydrogen-bond donors (Lipinski definition) is 3. The number of nitrogens with zero attached hydrogens (tertiary/aromatic N) is 1. The van der Waals surface area contributed by atoms with Crippen LogP contribution >= 0.6 is 0 Å². The molecule has 0 radical (unpaired) electrons. The van der Waals surface area contributed by atoms with Gasteiger partial charge in [0.25, 0.3) is 5.91 Å². The van der Waals surface area contributed by atoms with Crippen LogP contribution in [-0.2, 0) is 20.5 Å². The Kier molecular flexibility index (Phi) is 9.71. The van der Waals surface area contributed by atoms with Gasteiger partial charge in [0.1, 0.15) is 0 Å². The number of carbonyl (C=O) groups is 2. The lowest BCUT2D eigenvalue weighted by Gasteiger charge is -2.42. The lowest BCUT2D eigenvalue weighted by molar-refractivity contribution is -0.113. The molecular formula is C31H42N2O5. The van der Waals surface area contributed by atoms with E-state index < -0.39 is 18.2 Å². The molecule has 1 amide bonds. The fourth-order valence-electron chi connectivity index (χ4n) is 5.01. The number of amides is 1. The first kappa shape index (κ1) is 29.4. The number of nitrogens with one attached hydrogen (secondary N) is 1. The molecule has 0 bridgehead atoms. The van der Waals surface area contributed by atoms with Crippen LogP contribution in [0.1, 0.15) is 113 Å². The second-order valence-corrected chi connectivity index (χ2v) is 11.5. The zero-order chi connectivity index (χ0) is 27.9. The molecule has 2 aromatic carbocycles. The topological polar surface area (TPSA) is 108 Å². The maximum absolute atomic E-state index is 13.5. The van der Waals surface area contributed by atoms with Crippen molar-refractivity contribution in [2.24, 2.45) is 5.16 Å². The maximum Gasteiger partial charge on any atom is 0.337 e. The van der Waals surface area contributed by atoms with Crippen molar-refractivity contribution in [1.29, 1.82) is 0 Å². The number of rotatable bonds is 12. The molecule has 7 nitrogen and oxygen atoms in total. The summed E-state index contributed by atoms with van der Waals surface area (Å²) in [5.74, 6) is -1.76. The van der Waals surface area contributed by atoms with Crippen LogP contribution in [0.15, 0.2) is 47.6 Å². The van der Waals surface area contributed by atoms with E-state index in [1.807, 2.05) is 18.2 Å². The van der Waals surface area contributed by atoms with E-state index in [0.717, 1.165) is 50.5 Å². The van der Waals surface area contributed by atoms with Crippen molar-refractivity contribution < 1.29 is 24.6 Å². The maximum atomic E-state index is 13.5. The molecule has 1 aliphatic carbocycles. The number of hydrogen-bond acceptors (Lipinski definition) is 5. The zero-order valence-corrected chi connectivity index (χ0v) is 23.3. The smallest absolute Gasteiger partial charge is 0.337 e. The van der Waals surface area contributed by atoms with Crippen LogP contribution in [0.2, 0.25) is 0 Å². The minimum atomic E-state index is -1.15. The van der Waals surface area contributed by atoms with Crippen molar-refractivity contribution >= 4 is 23.3 Å². The summed E-state index contributed by atoms with van der Waals surface area (Å²) >= 11 is 0. The number of aromatic carboxylic acids is 1. The van der Waals surface area contributed by atoms with Crippen LogP contribution in [-0.4, -0.2) is 34.1 Å². The molecule has 0 fully saturated rings. The molecule has 1 atom stereocenters. The molecule has 0 saturated carbocycles. The lowest BCUT2D eigenvalue weighted by atomic mass is 9.63. The first-order valence-corrected chi connectivity index (χ1v) is 13.7. The normalized spacial score (nSPS) is 16.8. The predicted octanol–water partition coefficient (Wildman–Crippen LogP) is 6.77. The van der Waals surface area contributed by atoms with Crippen LogP contribution < -0.4 is 5.32 Å². The molecule has 3 N–H and O–H groups in total. The van der Waals surface area contributed by atoms with E-state index in [1.54, 1.807) is 12.1 Å². The summed E-state index contributed by atoms with van der Waals surface area (Å²) in [5.41, 5.74) is 2.98. The fraction of sp³-hybridized carbons (Fsp3) is 0.516. The highest BCUT2D eigenvalue weighted by Gasteiger charge is 2.37. The van der Waals surface area contributed by atoms with Crippen LogP contribution in [0.25, 0.3) is 0 Å². The number of anilines is 1. The minimum Gasteiger partial charge on any atom is -0.478 e. The average molecular weight is 523 g/mol. The number of carboxylic acid groups (broad SMARTS) is 1. The molecule has 0 saturated heterocycles. The molecule has 3 rings (SSSR count). The van der Waals surface area contributed by atoms with Gasteiger partial charge in [-0.3, -0.25) is 4.79 Å². The average Bonchev–Trinajstić information content (AvgIpc) is 2.87. The number of carboxylic acids is 1. The minimum absolute atomic E-state index is 0.00778. The van der Waals surface area contributed by atoms with Gasteiger partial charge in [-0.1, -0.05) is 89.7 Å². The number of oxime groups is 1. The molecule has 0 spiro atoms. The SMILES string of the molecule is CCCCCCCC(O)ON=C(C(=O)Nc1ccccc1C(=O)O)c1ccc2c(c1)C(C)(C)CCC2(C)C. The number of benzene rings is 2. The summed E-state index contributed by atoms with van der Waals surface area (Å²) in [7, 11) is 0. The Morgan fingerprint density at radius 1 is 0.974 bits per heavy atom. The molecule has 206 valence electrons. The van der Waals surface area contributed by atoms with Gasteiger partial charge in [0.05, 0.1) is 11.3 Å². The van der Waals surface area contributed by atoms with Gasteiger partial charge >= 0.3 is 5.97 Å². The first-order chi connectivity index (χ1) is 18.0. The molecular weight excluding hydrogens is 480 g/mol. The molecule has 1 aliphatic rings. The quantitative estimate of drug-likeness (QED) is 0.123. The summed E-state index contributed by atoms with van der Waals surface area (Å²) in [5, 5.41) is 26.7. The standard InChI is InChI=1S/C31H42N2O5/c1-6-7-8-9-10-15-26(34)38-33-27(28(35)32-25-14-12-11-13-22(25)29(36)37)21-16-17-23-24(20-21)31(4,5)19-18-30(23,2)3/h11-14,16-17,20,26,34H,6-10,15,18-19H2,1-5H3,(H,32,35)(H,36,37). The second kappa shape index (κ2) is 12.6. The number of para-hydroxylation sites is 1. The third kappa shape index (κ3) is 7.22. The fourth-order valence-corrected chi connectivity index (χ4v) is 5.01. The van der Waals surface area contributed by atoms with Crippen LogP contribution in [0.4, 0.5) is 5.69 Å². The Morgan fingerprint density at radius 2 is 1.63 bits per heavy atom. The summed E-state index contributed by atoms with van der Waals surface area (Å²) in [6.45, 7) is 11.0. The molecule has 2 aromatic rings. The van der Waals surface area contributed by atoms with Crippen molar-refractivity contribution in [3.63, 3.8) is 0 Å². The van der Waals surface area contributed by atoms with E-state index in [2.05, 4.69) is 45.1 Å². The van der Waals surface area contributed by atoms with Crippen molar-refractivity contribution in [2.75, 3.05) is 5.32 Å². The third-order valence-electron chi connectivity index (χ3n) is 7.57. The van der Waals surface area contributed by atoms with Gasteiger partial charge in [0, 0.05) is 12.0 Å². The lowest BCUT2D eigenvalue weighted by Crippen LogP contribution is -2.34. The van der Waals surface area contributed by atoms with Crippen molar-refractivity contribution in [2.45, 2.75) is 103 Å². The molecule has 0 aliphatic heterocycles. The summed E-state index contributed by atoms with van der Waals surface area (Å²) < 4.78 is 0. The highest BCUT2D eigenvalue weighted by Crippen LogP contribution is 2.46. The van der Waals surface area contributed by atoms with Gasteiger partial charge in [-0.05, 0) is 59.4 Å². The Bertz CT molecular complexity index is 1170. The largest absolute Gasteiger partial charge is 0.478 e. The summed E-state index contributed by atoms with van der Waals surface area (Å²) in [6.07, 6.45) is 6.53. The monoisotopic (exact) mass is 522 g/mol. The van der Waals surface area contributed by atoms with E-state index in [-0.39, 0.29) is 27.8 Å². The Labute approximate surface area is 226 Å². The highest BCUT2D eigenvalue weighted by molar-refractivity contribution is 6.49. The number of carbonyl (C=O) groups excluding carboxylic acids is 1. The van der Waals surface area contributed by atoms with Crippen molar-refractivity contribution in [3.8, 4) is 0 Å². The second-order valence-electron chi connectivity index (χ2n) is 11.5. The van der Waals surface area contributed by atoms with Gasteiger partial charge in [-0.25, -0.2) is 4.79 Å². The zero-order valence-electron chi connectivity index (χ0n) is 23.3. The van der Waals surface area contributed by atoms with Crippen LogP contribution in [0.3, 0.4) is 0 Å². The van der Waals surface area contributed by atoms with Crippen molar-refractivity contribution in [3.05, 3.63) is 64.7 Å². The van der Waals surface area contributed by atoms with E-state index in [0.29, 0.717) is 12.0 Å². The predicted molar refractivity (Wildman–Crippen MR) is 151 cm³/mol. The Hall–Kier alpha value is -3.19. The summed E-state index contributed by atoms with van der Waals surface area (Å²) in [6, 6.07) is 12.1. The molecule has 38 heavy (non-hydrogen) atoms. The van der Waals surface area contributed by atoms with Gasteiger partial charge < -0.3 is 20.4 Å². The van der Waals surface area contributed by atoms with E-state index in [1.165, 1.54) is 17.7 Å². The van der Waals surface area contributed by atoms with E-state index in [9.17, 15) is 19.8 Å². The Morgan fingerprint density at radius 3 is 2.32 bits per heavy atom. The van der Waals surface area contributed by atoms with Gasteiger partial charge in [0.2, 0.25) is 6.29 Å². The van der Waals surface area contributed by atoms with Crippen LogP contribution in [0, 0.1) is 0 Å².